The number of halogens is 2. The quantitative estimate of drug-likeness (QED) is 0.349. The summed E-state index contributed by atoms with van der Waals surface area (Å²) in [7, 11) is 2.00. The van der Waals surface area contributed by atoms with Gasteiger partial charge < -0.3 is 21.8 Å². The lowest BCUT2D eigenvalue weighted by Crippen LogP contribution is -3.00. The highest BCUT2D eigenvalue weighted by molar-refractivity contribution is 8.08. The van der Waals surface area contributed by atoms with Crippen LogP contribution in [0.3, 0.4) is 0 Å². The maximum absolute atomic E-state index is 13.4. The van der Waals surface area contributed by atoms with Gasteiger partial charge in [0.2, 0.25) is 0 Å². The minimum absolute atomic E-state index is 0. The van der Waals surface area contributed by atoms with Gasteiger partial charge in [0.1, 0.15) is 20.0 Å². The predicted octanol–water partition coefficient (Wildman–Crippen LogP) is 0.726. The molecule has 4 heterocycles. The fourth-order valence-electron chi connectivity index (χ4n) is 3.86. The largest absolute Gasteiger partial charge is 1.00 e. The lowest BCUT2D eigenvalue weighted by Gasteiger charge is -2.12. The molecule has 1 aliphatic rings. The van der Waals surface area contributed by atoms with E-state index in [9.17, 15) is 4.79 Å². The number of aryl methyl sites for hydroxylation is 2. The number of anilines is 1. The highest BCUT2D eigenvalue weighted by atomic mass is 35.5. The van der Waals surface area contributed by atoms with Crippen molar-refractivity contribution in [3.8, 4) is 0 Å². The highest BCUT2D eigenvalue weighted by Gasteiger charge is 2.25. The Balaban J connectivity index is 0.00000274. The third-order valence-corrected chi connectivity index (χ3v) is 9.24. The van der Waals surface area contributed by atoms with E-state index in [1.165, 1.54) is 11.3 Å². The summed E-state index contributed by atoms with van der Waals surface area (Å²) >= 11 is 11.0. The normalized spacial score (nSPS) is 15.1. The van der Waals surface area contributed by atoms with E-state index in [0.29, 0.717) is 18.1 Å². The van der Waals surface area contributed by atoms with Gasteiger partial charge in [0.05, 0.1) is 28.4 Å². The van der Waals surface area contributed by atoms with Crippen LogP contribution in [0, 0.1) is 13.8 Å². The topological polar surface area (TPSA) is 55.2 Å². The second kappa shape index (κ2) is 9.91. The molecule has 1 aliphatic heterocycles. The first kappa shape index (κ1) is 25.1. The predicted molar refractivity (Wildman–Crippen MR) is 136 cm³/mol. The molecule has 6 nitrogen and oxygen atoms in total. The lowest BCUT2D eigenvalue weighted by atomic mass is 10.2. The van der Waals surface area contributed by atoms with Crippen LogP contribution in [0.15, 0.2) is 44.0 Å². The molecule has 0 N–H and O–H groups in total. The Morgan fingerprint density at radius 3 is 2.79 bits per heavy atom. The molecule has 0 bridgehead atoms. The molecular formula is C23H22Cl2N4O2S3. The van der Waals surface area contributed by atoms with Crippen molar-refractivity contribution >= 4 is 62.8 Å². The van der Waals surface area contributed by atoms with Crippen LogP contribution in [0.4, 0.5) is 5.69 Å². The Labute approximate surface area is 220 Å². The van der Waals surface area contributed by atoms with E-state index in [-0.39, 0.29) is 18.0 Å². The van der Waals surface area contributed by atoms with Crippen molar-refractivity contribution < 1.29 is 21.5 Å². The van der Waals surface area contributed by atoms with E-state index in [1.54, 1.807) is 23.1 Å². The molecule has 0 fully saturated rings. The van der Waals surface area contributed by atoms with Gasteiger partial charge in [-0.2, -0.15) is 4.57 Å². The van der Waals surface area contributed by atoms with E-state index < -0.39 is 0 Å². The number of aromatic nitrogens is 3. The zero-order valence-electron chi connectivity index (χ0n) is 19.0. The molecule has 178 valence electrons. The van der Waals surface area contributed by atoms with Crippen LogP contribution in [0.1, 0.15) is 28.9 Å². The Morgan fingerprint density at radius 1 is 1.29 bits per heavy atom. The summed E-state index contributed by atoms with van der Waals surface area (Å²) in [5, 5.41) is 8.84. The molecule has 0 atom stereocenters. The number of hydrogen-bond acceptors (Lipinski definition) is 7. The van der Waals surface area contributed by atoms with Crippen LogP contribution in [0.25, 0.3) is 11.1 Å². The molecule has 11 heteroatoms. The first-order valence-corrected chi connectivity index (χ1v) is 13.3. The summed E-state index contributed by atoms with van der Waals surface area (Å²) < 4.78 is 11.0. The molecule has 4 aromatic rings. The summed E-state index contributed by atoms with van der Waals surface area (Å²) in [6.45, 7) is 7.19. The number of fused-ring (bicyclic) bond motifs is 1. The summed E-state index contributed by atoms with van der Waals surface area (Å²) in [5.74, 6) is 0.832. The first-order valence-electron chi connectivity index (χ1n) is 10.4. The van der Waals surface area contributed by atoms with Crippen molar-refractivity contribution in [3.63, 3.8) is 0 Å². The number of thioether (sulfide) groups is 1. The average Bonchev–Trinajstić information content (AvgIpc) is 3.52. The van der Waals surface area contributed by atoms with Crippen LogP contribution >= 0.6 is 46.0 Å². The number of hydrogen-bond donors (Lipinski definition) is 0. The van der Waals surface area contributed by atoms with Gasteiger partial charge in [-0.05, 0) is 39.0 Å². The number of nitrogens with zero attached hydrogens (tertiary/aromatic N) is 4. The Kier molecular flexibility index (Phi) is 7.30. The van der Waals surface area contributed by atoms with Crippen LogP contribution in [-0.2, 0) is 13.1 Å². The molecule has 0 amide bonds. The number of rotatable bonds is 4. The molecular weight excluding hydrogens is 531 g/mol. The van der Waals surface area contributed by atoms with Crippen LogP contribution in [0.2, 0.25) is 5.02 Å². The zero-order chi connectivity index (χ0) is 23.3. The van der Waals surface area contributed by atoms with Gasteiger partial charge >= 0.3 is 0 Å². The van der Waals surface area contributed by atoms with Gasteiger partial charge in [-0.25, -0.2) is 0 Å². The van der Waals surface area contributed by atoms with Crippen molar-refractivity contribution in [2.24, 2.45) is 0 Å². The summed E-state index contributed by atoms with van der Waals surface area (Å²) in [4.78, 5) is 16.5. The van der Waals surface area contributed by atoms with Crippen molar-refractivity contribution in [1.29, 1.82) is 0 Å². The Bertz CT molecular complexity index is 1530. The van der Waals surface area contributed by atoms with Gasteiger partial charge in [0.15, 0.2) is 12.7 Å². The average molecular weight is 554 g/mol. The number of thiazole rings is 2. The van der Waals surface area contributed by atoms with Crippen LogP contribution < -0.4 is 36.6 Å². The van der Waals surface area contributed by atoms with E-state index in [4.69, 9.17) is 16.1 Å². The van der Waals surface area contributed by atoms with E-state index in [1.807, 2.05) is 50.6 Å². The SMILES string of the molecule is CCn1c(=O)/c(=C2\Sc3cc(Cl)ccc3N2C)s/c1=C\c1scc[n+]1Cc1c(C)noc1C.[Cl-]. The summed E-state index contributed by atoms with van der Waals surface area (Å²) in [5.41, 5.74) is 3.09. The van der Waals surface area contributed by atoms with Gasteiger partial charge in [-0.3, -0.25) is 9.36 Å². The monoisotopic (exact) mass is 552 g/mol. The fourth-order valence-corrected chi connectivity index (χ4v) is 7.45. The zero-order valence-corrected chi connectivity index (χ0v) is 22.9. The van der Waals surface area contributed by atoms with Crippen molar-refractivity contribution in [3.05, 3.63) is 76.4 Å². The van der Waals surface area contributed by atoms with Gasteiger partial charge in [0, 0.05) is 23.5 Å². The molecule has 0 unspecified atom stereocenters. The maximum atomic E-state index is 13.4. The second-order valence-electron chi connectivity index (χ2n) is 7.71. The maximum Gasteiger partial charge on any atom is 0.271 e. The molecule has 0 spiro atoms. The highest BCUT2D eigenvalue weighted by Crippen LogP contribution is 2.46. The third-order valence-electron chi connectivity index (χ3n) is 5.69. The van der Waals surface area contributed by atoms with Crippen LogP contribution in [-0.4, -0.2) is 16.8 Å². The lowest BCUT2D eigenvalue weighted by molar-refractivity contribution is -0.685. The fraction of sp³-hybridized carbons (Fsp3) is 0.261. The molecule has 0 aliphatic carbocycles. The smallest absolute Gasteiger partial charge is 0.271 e. The summed E-state index contributed by atoms with van der Waals surface area (Å²) in [6.07, 6.45) is 4.16. The minimum atomic E-state index is 0. The third kappa shape index (κ3) is 4.35. The van der Waals surface area contributed by atoms with E-state index >= 15 is 0 Å². The molecule has 1 aromatic carbocycles. The molecule has 0 saturated heterocycles. The van der Waals surface area contributed by atoms with Crippen molar-refractivity contribution in [2.75, 3.05) is 11.9 Å². The van der Waals surface area contributed by atoms with E-state index in [2.05, 4.69) is 32.3 Å². The molecule has 3 aromatic heterocycles. The Hall–Kier alpha value is -2.04. The summed E-state index contributed by atoms with van der Waals surface area (Å²) in [6, 6.07) is 5.83. The molecule has 5 rings (SSSR count). The van der Waals surface area contributed by atoms with Crippen molar-refractivity contribution in [1.82, 2.24) is 9.72 Å². The number of benzene rings is 1. The minimum Gasteiger partial charge on any atom is -1.00 e. The van der Waals surface area contributed by atoms with Gasteiger partial charge in [-0.15, -0.1) is 11.3 Å². The first-order chi connectivity index (χ1) is 15.9. The standard InChI is InChI=1S/C23H22ClN4O2S3.ClH/c1-5-28-20(11-19-27(8-9-31-19)12-16-13(2)25-30-14(16)3)33-21(22(28)29)23-26(4)17-7-6-15(24)10-18(17)32-23;/h6-11H,5,12H2,1-4H3;1H/q+1;/p-1/b23-21+;. The Morgan fingerprint density at radius 2 is 2.09 bits per heavy atom. The van der Waals surface area contributed by atoms with Crippen molar-refractivity contribution in [2.45, 2.75) is 38.8 Å². The molecule has 34 heavy (non-hydrogen) atoms. The van der Waals surface area contributed by atoms with Gasteiger partial charge in [-0.1, -0.05) is 39.9 Å². The molecule has 0 radical (unpaired) electrons. The second-order valence-corrected chi connectivity index (χ2v) is 11.1. The van der Waals surface area contributed by atoms with E-state index in [0.717, 1.165) is 46.8 Å². The van der Waals surface area contributed by atoms with Gasteiger partial charge in [0.25, 0.3) is 10.6 Å². The molecule has 0 saturated carbocycles. The van der Waals surface area contributed by atoms with Crippen LogP contribution in [0.5, 0.6) is 0 Å².